The number of nitrogens with zero attached hydrogens (tertiary/aromatic N) is 3. The number of β-amino-alcohol motifs (C(OH)–C–C–N with tert-alkyl or cyclic N) is 1. The van der Waals surface area contributed by atoms with E-state index in [0.717, 1.165) is 30.0 Å². The number of amides is 1. The van der Waals surface area contributed by atoms with Gasteiger partial charge < -0.3 is 24.2 Å². The molecule has 1 aliphatic rings. The molecule has 1 unspecified atom stereocenters. The lowest BCUT2D eigenvalue weighted by Crippen LogP contribution is -2.52. The van der Waals surface area contributed by atoms with Gasteiger partial charge in [0, 0.05) is 58.0 Å². The van der Waals surface area contributed by atoms with Gasteiger partial charge in [-0.05, 0) is 57.5 Å². The van der Waals surface area contributed by atoms with E-state index in [1.165, 1.54) is 13.2 Å². The van der Waals surface area contributed by atoms with Crippen LogP contribution >= 0.6 is 0 Å². The maximum absolute atomic E-state index is 13.7. The minimum Gasteiger partial charge on any atom is -0.492 e. The van der Waals surface area contributed by atoms with Crippen LogP contribution in [-0.2, 0) is 16.1 Å². The molecule has 1 amide bonds. The topological polar surface area (TPSA) is 74.7 Å². The van der Waals surface area contributed by atoms with Crippen molar-refractivity contribution in [3.05, 3.63) is 59.7 Å². The lowest BCUT2D eigenvalue weighted by Gasteiger charge is -2.33. The van der Waals surface area contributed by atoms with Crippen molar-refractivity contribution < 1.29 is 32.9 Å². The normalized spacial score (nSPS) is 18.4. The average Bonchev–Trinajstić information content (AvgIpc) is 3.07. The van der Waals surface area contributed by atoms with E-state index >= 15 is 0 Å². The van der Waals surface area contributed by atoms with E-state index in [4.69, 9.17) is 14.2 Å². The Bertz CT molecular complexity index is 1080. The molecule has 2 aromatic carbocycles. The molecule has 1 heterocycles. The van der Waals surface area contributed by atoms with Crippen molar-refractivity contribution in [2.75, 3.05) is 59.7 Å². The van der Waals surface area contributed by atoms with Crippen LogP contribution in [0, 0.1) is 11.6 Å². The van der Waals surface area contributed by atoms with Gasteiger partial charge in [0.1, 0.15) is 36.9 Å². The highest BCUT2D eigenvalue weighted by atomic mass is 19.2. The molecule has 10 heteroatoms. The van der Waals surface area contributed by atoms with Crippen LogP contribution in [-0.4, -0.2) is 103 Å². The standard InChI is InChI=1S/C30H43F2N3O5/c1-22(2)35(23(3)4)14-15-39-25-8-6-24(7-9-25)17-33-12-13-34(29(36)18-38-5)20-30(37,19-33)21-40-26-10-11-27(31)28(32)16-26/h6-11,16,22-23,37H,12-15,17-21H2,1-5H3. The van der Waals surface area contributed by atoms with Gasteiger partial charge in [0.25, 0.3) is 0 Å². The first kappa shape index (κ1) is 31.7. The fourth-order valence-corrected chi connectivity index (χ4v) is 5.01. The Hall–Kier alpha value is -2.79. The van der Waals surface area contributed by atoms with Crippen molar-refractivity contribution in [2.24, 2.45) is 0 Å². The number of hydrogen-bond acceptors (Lipinski definition) is 7. The Labute approximate surface area is 236 Å². The molecular formula is C30H43F2N3O5. The molecule has 1 saturated heterocycles. The molecule has 3 rings (SSSR count). The first-order valence-electron chi connectivity index (χ1n) is 13.8. The van der Waals surface area contributed by atoms with Crippen molar-refractivity contribution in [1.82, 2.24) is 14.7 Å². The number of aliphatic hydroxyl groups is 1. The highest BCUT2D eigenvalue weighted by Gasteiger charge is 2.37. The van der Waals surface area contributed by atoms with E-state index in [-0.39, 0.29) is 38.0 Å². The zero-order valence-electron chi connectivity index (χ0n) is 24.2. The lowest BCUT2D eigenvalue weighted by molar-refractivity contribution is -0.138. The van der Waals surface area contributed by atoms with Crippen molar-refractivity contribution in [1.29, 1.82) is 0 Å². The largest absolute Gasteiger partial charge is 0.492 e. The van der Waals surface area contributed by atoms with E-state index in [0.29, 0.717) is 38.3 Å². The van der Waals surface area contributed by atoms with Crippen molar-refractivity contribution in [3.8, 4) is 11.5 Å². The fraction of sp³-hybridized carbons (Fsp3) is 0.567. The summed E-state index contributed by atoms with van der Waals surface area (Å²) in [5, 5.41) is 11.5. The summed E-state index contributed by atoms with van der Waals surface area (Å²) in [6.07, 6.45) is 0. The number of ether oxygens (including phenoxy) is 3. The molecule has 2 aromatic rings. The maximum atomic E-state index is 13.7. The average molecular weight is 564 g/mol. The summed E-state index contributed by atoms with van der Waals surface area (Å²) >= 11 is 0. The number of hydrogen-bond donors (Lipinski definition) is 1. The van der Waals surface area contributed by atoms with E-state index in [9.17, 15) is 18.7 Å². The summed E-state index contributed by atoms with van der Waals surface area (Å²) in [6, 6.07) is 12.0. The molecule has 40 heavy (non-hydrogen) atoms. The third-order valence-corrected chi connectivity index (χ3v) is 6.98. The monoisotopic (exact) mass is 563 g/mol. The summed E-state index contributed by atoms with van der Waals surface area (Å²) in [5.74, 6) is -1.37. The van der Waals surface area contributed by atoms with Gasteiger partial charge in [-0.3, -0.25) is 14.6 Å². The number of carbonyl (C=O) groups excluding carboxylic acids is 1. The number of rotatable bonds is 13. The summed E-state index contributed by atoms with van der Waals surface area (Å²) in [4.78, 5) is 18.6. The van der Waals surface area contributed by atoms with Gasteiger partial charge in [-0.25, -0.2) is 8.78 Å². The first-order chi connectivity index (χ1) is 19.0. The molecule has 1 N–H and O–H groups in total. The summed E-state index contributed by atoms with van der Waals surface area (Å²) in [7, 11) is 1.44. The summed E-state index contributed by atoms with van der Waals surface area (Å²) in [6.45, 7) is 11.6. The van der Waals surface area contributed by atoms with Crippen molar-refractivity contribution in [2.45, 2.75) is 51.9 Å². The zero-order chi connectivity index (χ0) is 29.3. The number of benzene rings is 2. The second kappa shape index (κ2) is 14.7. The number of carbonyl (C=O) groups is 1. The van der Waals surface area contributed by atoms with Gasteiger partial charge in [-0.15, -0.1) is 0 Å². The van der Waals surface area contributed by atoms with E-state index in [1.807, 2.05) is 29.2 Å². The Morgan fingerprint density at radius 1 is 0.975 bits per heavy atom. The molecule has 8 nitrogen and oxygen atoms in total. The third kappa shape index (κ3) is 9.40. The number of halogens is 2. The molecule has 0 spiro atoms. The Kier molecular flexibility index (Phi) is 11.7. The highest BCUT2D eigenvalue weighted by Crippen LogP contribution is 2.22. The SMILES string of the molecule is COCC(=O)N1CCN(Cc2ccc(OCCN(C(C)C)C(C)C)cc2)CC(O)(COc2ccc(F)c(F)c2)C1. The molecule has 222 valence electrons. The highest BCUT2D eigenvalue weighted by molar-refractivity contribution is 5.77. The van der Waals surface area contributed by atoms with Gasteiger partial charge in [-0.1, -0.05) is 12.1 Å². The fourth-order valence-electron chi connectivity index (χ4n) is 5.01. The van der Waals surface area contributed by atoms with Crippen LogP contribution in [0.25, 0.3) is 0 Å². The van der Waals surface area contributed by atoms with E-state index in [1.54, 1.807) is 4.90 Å². The Morgan fingerprint density at radius 2 is 1.65 bits per heavy atom. The predicted octanol–water partition coefficient (Wildman–Crippen LogP) is 3.56. The molecular weight excluding hydrogens is 520 g/mol. The van der Waals surface area contributed by atoms with Crippen LogP contribution in [0.5, 0.6) is 11.5 Å². The van der Waals surface area contributed by atoms with Crippen LogP contribution < -0.4 is 9.47 Å². The van der Waals surface area contributed by atoms with Crippen LogP contribution in [0.15, 0.2) is 42.5 Å². The first-order valence-corrected chi connectivity index (χ1v) is 13.8. The molecule has 0 bridgehead atoms. The van der Waals surface area contributed by atoms with Crippen molar-refractivity contribution in [3.63, 3.8) is 0 Å². The minimum absolute atomic E-state index is 0.0198. The van der Waals surface area contributed by atoms with Gasteiger partial charge in [0.2, 0.25) is 5.91 Å². The number of methoxy groups -OCH3 is 1. The predicted molar refractivity (Wildman–Crippen MR) is 149 cm³/mol. The zero-order valence-corrected chi connectivity index (χ0v) is 24.2. The summed E-state index contributed by atoms with van der Waals surface area (Å²) in [5.41, 5.74) is -0.425. The summed E-state index contributed by atoms with van der Waals surface area (Å²) < 4.78 is 43.6. The Morgan fingerprint density at radius 3 is 2.27 bits per heavy atom. The molecule has 0 saturated carbocycles. The van der Waals surface area contributed by atoms with Gasteiger partial charge >= 0.3 is 0 Å². The van der Waals surface area contributed by atoms with E-state index in [2.05, 4.69) is 32.6 Å². The Balaban J connectivity index is 1.64. The minimum atomic E-state index is -1.45. The van der Waals surface area contributed by atoms with Crippen LogP contribution in [0.2, 0.25) is 0 Å². The smallest absolute Gasteiger partial charge is 0.248 e. The molecule has 0 radical (unpaired) electrons. The quantitative estimate of drug-likeness (QED) is 0.400. The van der Waals surface area contributed by atoms with Crippen LogP contribution in [0.3, 0.4) is 0 Å². The second-order valence-corrected chi connectivity index (χ2v) is 11.0. The van der Waals surface area contributed by atoms with Gasteiger partial charge in [-0.2, -0.15) is 0 Å². The van der Waals surface area contributed by atoms with Crippen LogP contribution in [0.4, 0.5) is 8.78 Å². The van der Waals surface area contributed by atoms with E-state index < -0.39 is 17.2 Å². The molecule has 1 fully saturated rings. The van der Waals surface area contributed by atoms with Gasteiger partial charge in [0.15, 0.2) is 11.6 Å². The lowest BCUT2D eigenvalue weighted by atomic mass is 10.0. The van der Waals surface area contributed by atoms with Gasteiger partial charge in [0.05, 0.1) is 6.54 Å². The second-order valence-electron chi connectivity index (χ2n) is 11.0. The third-order valence-electron chi connectivity index (χ3n) is 6.98. The van der Waals surface area contributed by atoms with Crippen LogP contribution in [0.1, 0.15) is 33.3 Å². The molecule has 1 aliphatic heterocycles. The van der Waals surface area contributed by atoms with Crippen molar-refractivity contribution >= 4 is 5.91 Å². The molecule has 0 aliphatic carbocycles. The molecule has 1 atom stereocenters. The molecule has 0 aromatic heterocycles. The maximum Gasteiger partial charge on any atom is 0.248 e.